The van der Waals surface area contributed by atoms with E-state index in [2.05, 4.69) is 48.7 Å². The average Bonchev–Trinajstić information content (AvgIpc) is 2.40. The molecule has 0 aliphatic rings. The van der Waals surface area contributed by atoms with E-state index in [1.807, 2.05) is 0 Å². The van der Waals surface area contributed by atoms with Crippen LogP contribution in [0.1, 0.15) is 50.7 Å². The second-order valence-electron chi connectivity index (χ2n) is 5.09. The fourth-order valence-corrected chi connectivity index (χ4v) is 2.12. The van der Waals surface area contributed by atoms with Crippen molar-refractivity contribution in [3.8, 4) is 0 Å². The number of hydrogen-bond acceptors (Lipinski definition) is 0. The van der Waals surface area contributed by atoms with Gasteiger partial charge < -0.3 is 35.4 Å². The molecule has 0 heterocycles. The Labute approximate surface area is 136 Å². The van der Waals surface area contributed by atoms with Crippen molar-refractivity contribution in [3.05, 3.63) is 35.4 Å². The van der Waals surface area contributed by atoms with Crippen molar-refractivity contribution in [1.82, 2.24) is 0 Å². The monoisotopic (exact) mass is 320 g/mol. The van der Waals surface area contributed by atoms with Gasteiger partial charge in [0.25, 0.3) is 0 Å². The van der Waals surface area contributed by atoms with Crippen molar-refractivity contribution in [2.45, 2.75) is 52.6 Å². The average molecular weight is 321 g/mol. The Morgan fingerprint density at radius 1 is 0.800 bits per heavy atom. The predicted octanol–water partition coefficient (Wildman–Crippen LogP) is -4.58. The highest BCUT2D eigenvalue weighted by Gasteiger charge is 1.99. The molecule has 0 aromatic heterocycles. The molecule has 0 aliphatic heterocycles. The van der Waals surface area contributed by atoms with E-state index in [-0.39, 0.29) is 24.8 Å². The summed E-state index contributed by atoms with van der Waals surface area (Å²) in [6.07, 6.45) is 5.24. The van der Waals surface area contributed by atoms with Crippen molar-refractivity contribution in [1.29, 1.82) is 0 Å². The lowest BCUT2D eigenvalue weighted by Gasteiger charge is -2.05. The van der Waals surface area contributed by atoms with Crippen molar-refractivity contribution < 1.29 is 35.4 Å². The molecular weight excluding hydrogens is 291 g/mol. The van der Waals surface area contributed by atoms with Gasteiger partial charge in [0.05, 0.1) is 13.1 Å². The minimum absolute atomic E-state index is 0. The molecule has 1 aromatic carbocycles. The molecule has 0 fully saturated rings. The third-order valence-corrected chi connectivity index (χ3v) is 3.28. The number of unbranched alkanes of at least 4 members (excludes halogenated alkanes) is 2. The summed E-state index contributed by atoms with van der Waals surface area (Å²) in [6.45, 7) is 9.26. The topological polar surface area (TPSA) is 33.2 Å². The van der Waals surface area contributed by atoms with Gasteiger partial charge in [-0.15, -0.1) is 0 Å². The summed E-state index contributed by atoms with van der Waals surface area (Å²) >= 11 is 0. The molecule has 0 bridgehead atoms. The van der Waals surface area contributed by atoms with E-state index in [4.69, 9.17) is 0 Å². The summed E-state index contributed by atoms with van der Waals surface area (Å²) < 4.78 is 0. The van der Waals surface area contributed by atoms with Crippen molar-refractivity contribution >= 4 is 0 Å². The molecular formula is C16H30Cl2N2. The summed E-state index contributed by atoms with van der Waals surface area (Å²) in [5.74, 6) is 0. The van der Waals surface area contributed by atoms with Crippen LogP contribution in [0, 0.1) is 0 Å². The highest BCUT2D eigenvalue weighted by molar-refractivity contribution is 5.21. The van der Waals surface area contributed by atoms with Crippen LogP contribution in [0.25, 0.3) is 0 Å². The second kappa shape index (κ2) is 15.1. The van der Waals surface area contributed by atoms with Crippen molar-refractivity contribution in [2.75, 3.05) is 13.1 Å². The summed E-state index contributed by atoms with van der Waals surface area (Å²) in [4.78, 5) is 0. The van der Waals surface area contributed by atoms with Crippen LogP contribution in [-0.4, -0.2) is 13.1 Å². The van der Waals surface area contributed by atoms with E-state index in [1.54, 1.807) is 0 Å². The fraction of sp³-hybridized carbons (Fsp3) is 0.625. The normalized spacial score (nSPS) is 9.70. The molecule has 118 valence electrons. The van der Waals surface area contributed by atoms with E-state index in [0.29, 0.717) is 0 Å². The molecule has 0 spiro atoms. The Morgan fingerprint density at radius 3 is 1.65 bits per heavy atom. The maximum absolute atomic E-state index is 2.42. The Bertz CT molecular complexity index is 292. The van der Waals surface area contributed by atoms with Crippen LogP contribution in [0.2, 0.25) is 0 Å². The lowest BCUT2D eigenvalue weighted by molar-refractivity contribution is -0.671. The first-order chi connectivity index (χ1) is 8.86. The molecule has 0 saturated carbocycles. The van der Waals surface area contributed by atoms with Gasteiger partial charge in [0.1, 0.15) is 13.1 Å². The quantitative estimate of drug-likeness (QED) is 0.407. The molecule has 20 heavy (non-hydrogen) atoms. The fourth-order valence-electron chi connectivity index (χ4n) is 2.12. The summed E-state index contributed by atoms with van der Waals surface area (Å²) in [7, 11) is 0. The van der Waals surface area contributed by atoms with Gasteiger partial charge in [0.2, 0.25) is 0 Å². The SMILES string of the molecule is CCCC[NH2+]Cc1cccc(C[NH2+]CCCC)c1.[Cl-].[Cl-]. The Kier molecular flexibility index (Phi) is 16.6. The third kappa shape index (κ3) is 10.5. The van der Waals surface area contributed by atoms with E-state index in [9.17, 15) is 0 Å². The van der Waals surface area contributed by atoms with E-state index in [0.717, 1.165) is 13.1 Å². The minimum Gasteiger partial charge on any atom is -1.00 e. The van der Waals surface area contributed by atoms with Crippen LogP contribution in [0.5, 0.6) is 0 Å². The van der Waals surface area contributed by atoms with Crippen LogP contribution in [-0.2, 0) is 13.1 Å². The Hall–Kier alpha value is -0.280. The first kappa shape index (κ1) is 22.0. The van der Waals surface area contributed by atoms with Crippen LogP contribution >= 0.6 is 0 Å². The largest absolute Gasteiger partial charge is 1.00 e. The van der Waals surface area contributed by atoms with E-state index >= 15 is 0 Å². The number of nitrogens with two attached hydrogens (primary N) is 2. The first-order valence-corrected chi connectivity index (χ1v) is 7.58. The standard InChI is InChI=1S/C16H28N2.2ClH/c1-3-5-10-17-13-15-8-7-9-16(12-15)14-18-11-6-4-2;;/h7-9,12,17-18H,3-6,10-11,13-14H2,1-2H3;2*1H. The molecule has 0 radical (unpaired) electrons. The zero-order chi connectivity index (χ0) is 13.1. The molecule has 1 rings (SSSR count). The molecule has 2 nitrogen and oxygen atoms in total. The predicted molar refractivity (Wildman–Crippen MR) is 77.3 cm³/mol. The van der Waals surface area contributed by atoms with Crippen LogP contribution in [0.4, 0.5) is 0 Å². The molecule has 0 aliphatic carbocycles. The maximum atomic E-state index is 2.42. The van der Waals surface area contributed by atoms with E-state index in [1.165, 1.54) is 49.9 Å². The van der Waals surface area contributed by atoms with Crippen molar-refractivity contribution in [3.63, 3.8) is 0 Å². The number of hydrogen-bond donors (Lipinski definition) is 2. The first-order valence-electron chi connectivity index (χ1n) is 7.58. The molecule has 0 unspecified atom stereocenters. The zero-order valence-electron chi connectivity index (χ0n) is 12.9. The van der Waals surface area contributed by atoms with Gasteiger partial charge in [-0.05, 0) is 18.9 Å². The van der Waals surface area contributed by atoms with Crippen molar-refractivity contribution in [2.24, 2.45) is 0 Å². The summed E-state index contributed by atoms with van der Waals surface area (Å²) in [5, 5.41) is 4.84. The molecule has 1 aromatic rings. The van der Waals surface area contributed by atoms with Crippen LogP contribution < -0.4 is 35.4 Å². The highest BCUT2D eigenvalue weighted by Crippen LogP contribution is 2.02. The summed E-state index contributed by atoms with van der Waals surface area (Å²) in [6, 6.07) is 9.06. The molecule has 0 amide bonds. The summed E-state index contributed by atoms with van der Waals surface area (Å²) in [5.41, 5.74) is 2.93. The zero-order valence-corrected chi connectivity index (χ0v) is 14.4. The number of halogens is 2. The van der Waals surface area contributed by atoms with Crippen LogP contribution in [0.15, 0.2) is 24.3 Å². The maximum Gasteiger partial charge on any atom is 0.101 e. The smallest absolute Gasteiger partial charge is 0.101 e. The molecule has 4 heteroatoms. The number of rotatable bonds is 10. The Balaban J connectivity index is 0. The highest BCUT2D eigenvalue weighted by atomic mass is 35.5. The number of benzene rings is 1. The van der Waals surface area contributed by atoms with Gasteiger partial charge in [-0.3, -0.25) is 0 Å². The van der Waals surface area contributed by atoms with Gasteiger partial charge in [-0.25, -0.2) is 0 Å². The number of quaternary nitrogens is 2. The van der Waals surface area contributed by atoms with Crippen LogP contribution in [0.3, 0.4) is 0 Å². The molecule has 4 N–H and O–H groups in total. The van der Waals surface area contributed by atoms with E-state index < -0.39 is 0 Å². The lowest BCUT2D eigenvalue weighted by Crippen LogP contribution is -3.00. The Morgan fingerprint density at radius 2 is 1.25 bits per heavy atom. The molecule has 0 saturated heterocycles. The van der Waals surface area contributed by atoms with Gasteiger partial charge in [-0.1, -0.05) is 44.9 Å². The second-order valence-corrected chi connectivity index (χ2v) is 5.09. The van der Waals surface area contributed by atoms with Gasteiger partial charge in [-0.2, -0.15) is 0 Å². The third-order valence-electron chi connectivity index (χ3n) is 3.28. The van der Waals surface area contributed by atoms with Gasteiger partial charge >= 0.3 is 0 Å². The molecule has 0 atom stereocenters. The van der Waals surface area contributed by atoms with Gasteiger partial charge in [0.15, 0.2) is 0 Å². The van der Waals surface area contributed by atoms with Gasteiger partial charge in [0, 0.05) is 11.1 Å². The minimum atomic E-state index is 0. The lowest BCUT2D eigenvalue weighted by atomic mass is 10.1.